The van der Waals surface area contributed by atoms with E-state index in [1.807, 2.05) is 0 Å². The summed E-state index contributed by atoms with van der Waals surface area (Å²) in [5, 5.41) is 21.5. The Morgan fingerprint density at radius 3 is 1.56 bits per heavy atom. The molecule has 0 saturated carbocycles. The first-order valence-electron chi connectivity index (χ1n) is 9.66. The monoisotopic (exact) mass is 474 g/mol. The van der Waals surface area contributed by atoms with Crippen LogP contribution in [0.1, 0.15) is 21.9 Å². The summed E-state index contributed by atoms with van der Waals surface area (Å²) in [4.78, 5) is 49.6. The van der Waals surface area contributed by atoms with Crippen molar-refractivity contribution in [2.75, 3.05) is 24.6 Å². The van der Waals surface area contributed by atoms with Gasteiger partial charge in [-0.25, -0.2) is 0 Å². The van der Waals surface area contributed by atoms with E-state index in [2.05, 4.69) is 0 Å². The third-order valence-corrected chi connectivity index (χ3v) is 7.76. The lowest BCUT2D eigenvalue weighted by molar-refractivity contribution is -0.385. The average Bonchev–Trinajstić information content (AvgIpc) is 3.34. The van der Waals surface area contributed by atoms with E-state index in [9.17, 15) is 29.8 Å². The zero-order valence-corrected chi connectivity index (χ0v) is 18.3. The molecule has 0 aromatic heterocycles. The van der Waals surface area contributed by atoms with Gasteiger partial charge in [0.1, 0.15) is 10.7 Å². The topological polar surface area (TPSA) is 127 Å². The standard InChI is InChI=1S/C20H18N4O6S2/c25-17-11-31-19(13-3-1-5-15(9-13)23(27)28)21(17)7-8-22-18(26)12-32-20(22)14-4-2-6-16(10-14)24(29)30/h1-6,9-10,19-20H,7-8,11-12H2/t19-,20+. The van der Waals surface area contributed by atoms with E-state index in [1.54, 1.807) is 34.1 Å². The molecule has 0 spiro atoms. The second-order valence-corrected chi connectivity index (χ2v) is 9.34. The summed E-state index contributed by atoms with van der Waals surface area (Å²) in [6.45, 7) is 0.522. The summed E-state index contributed by atoms with van der Waals surface area (Å²) in [6.07, 6.45) is 0. The maximum absolute atomic E-state index is 12.5. The van der Waals surface area contributed by atoms with E-state index in [-0.39, 0.29) is 58.5 Å². The van der Waals surface area contributed by atoms with E-state index in [1.165, 1.54) is 47.8 Å². The maximum Gasteiger partial charge on any atom is 0.269 e. The van der Waals surface area contributed by atoms with Gasteiger partial charge in [0.15, 0.2) is 0 Å². The number of benzene rings is 2. The number of nitrogens with zero attached hydrogens (tertiary/aromatic N) is 4. The smallest absolute Gasteiger partial charge is 0.269 e. The van der Waals surface area contributed by atoms with Crippen LogP contribution < -0.4 is 0 Å². The van der Waals surface area contributed by atoms with Crippen molar-refractivity contribution in [2.24, 2.45) is 0 Å². The number of nitro benzene ring substituents is 2. The predicted octanol–water partition coefficient (Wildman–Crippen LogP) is 3.35. The first kappa shape index (κ1) is 22.1. The van der Waals surface area contributed by atoms with Gasteiger partial charge in [0, 0.05) is 37.4 Å². The molecule has 2 fully saturated rings. The Hall–Kier alpha value is -3.12. The first-order valence-corrected chi connectivity index (χ1v) is 11.8. The Balaban J connectivity index is 1.51. The summed E-state index contributed by atoms with van der Waals surface area (Å²) < 4.78 is 0. The third kappa shape index (κ3) is 4.41. The van der Waals surface area contributed by atoms with Gasteiger partial charge >= 0.3 is 0 Å². The predicted molar refractivity (Wildman–Crippen MR) is 120 cm³/mol. The molecule has 0 unspecified atom stereocenters. The van der Waals surface area contributed by atoms with Gasteiger partial charge in [0.25, 0.3) is 11.4 Å². The molecular formula is C20H18N4O6S2. The van der Waals surface area contributed by atoms with E-state index in [0.717, 1.165) is 0 Å². The Kier molecular flexibility index (Phi) is 6.33. The average molecular weight is 475 g/mol. The molecule has 2 atom stereocenters. The molecule has 2 saturated heterocycles. The minimum absolute atomic E-state index is 0.0424. The first-order chi connectivity index (χ1) is 15.3. The van der Waals surface area contributed by atoms with Crippen LogP contribution in [0.15, 0.2) is 48.5 Å². The highest BCUT2D eigenvalue weighted by Crippen LogP contribution is 2.42. The number of hydrogen-bond donors (Lipinski definition) is 0. The van der Waals surface area contributed by atoms with Gasteiger partial charge in [-0.2, -0.15) is 0 Å². The van der Waals surface area contributed by atoms with Crippen molar-refractivity contribution in [1.82, 2.24) is 9.80 Å². The molecule has 10 nitrogen and oxygen atoms in total. The molecule has 2 aliphatic rings. The summed E-state index contributed by atoms with van der Waals surface area (Å²) in [5.74, 6) is 0.310. The van der Waals surface area contributed by atoms with Crippen LogP contribution >= 0.6 is 23.5 Å². The van der Waals surface area contributed by atoms with Crippen LogP contribution in [0.5, 0.6) is 0 Å². The number of nitro groups is 2. The van der Waals surface area contributed by atoms with Crippen LogP contribution in [0.25, 0.3) is 0 Å². The Labute approximate surface area is 191 Å². The van der Waals surface area contributed by atoms with Gasteiger partial charge in [0.2, 0.25) is 11.8 Å². The Bertz CT molecular complexity index is 1010. The van der Waals surface area contributed by atoms with Crippen molar-refractivity contribution in [1.29, 1.82) is 0 Å². The highest BCUT2D eigenvalue weighted by atomic mass is 32.2. The molecule has 166 valence electrons. The summed E-state index contributed by atoms with van der Waals surface area (Å²) in [6, 6.07) is 12.4. The van der Waals surface area contributed by atoms with Gasteiger partial charge in [-0.3, -0.25) is 29.8 Å². The summed E-state index contributed by atoms with van der Waals surface area (Å²) >= 11 is 2.78. The fraction of sp³-hybridized carbons (Fsp3) is 0.300. The summed E-state index contributed by atoms with van der Waals surface area (Å²) in [5.41, 5.74) is 1.23. The van der Waals surface area contributed by atoms with Crippen molar-refractivity contribution in [3.8, 4) is 0 Å². The molecule has 4 rings (SSSR count). The van der Waals surface area contributed by atoms with Crippen LogP contribution in [0.4, 0.5) is 11.4 Å². The van der Waals surface area contributed by atoms with Crippen LogP contribution in [0, 0.1) is 20.2 Å². The van der Waals surface area contributed by atoms with Crippen LogP contribution in [-0.4, -0.2) is 56.1 Å². The number of rotatable bonds is 7. The van der Waals surface area contributed by atoms with Crippen molar-refractivity contribution >= 4 is 46.7 Å². The third-order valence-electron chi connectivity index (χ3n) is 5.25. The van der Waals surface area contributed by atoms with Gasteiger partial charge < -0.3 is 9.80 Å². The van der Waals surface area contributed by atoms with E-state index < -0.39 is 9.85 Å². The summed E-state index contributed by atoms with van der Waals surface area (Å²) in [7, 11) is 0. The van der Waals surface area contributed by atoms with Gasteiger partial charge in [-0.15, -0.1) is 23.5 Å². The fourth-order valence-corrected chi connectivity index (χ4v) is 6.16. The van der Waals surface area contributed by atoms with Crippen LogP contribution in [0.3, 0.4) is 0 Å². The normalized spacial score (nSPS) is 20.8. The lowest BCUT2D eigenvalue weighted by Crippen LogP contribution is -2.39. The van der Waals surface area contributed by atoms with Gasteiger partial charge in [-0.05, 0) is 11.1 Å². The van der Waals surface area contributed by atoms with Crippen LogP contribution in [-0.2, 0) is 9.59 Å². The zero-order valence-electron chi connectivity index (χ0n) is 16.7. The van der Waals surface area contributed by atoms with Crippen molar-refractivity contribution < 1.29 is 19.4 Å². The molecule has 2 amide bonds. The second-order valence-electron chi connectivity index (χ2n) is 7.21. The largest absolute Gasteiger partial charge is 0.324 e. The highest BCUT2D eigenvalue weighted by molar-refractivity contribution is 8.00. The molecule has 12 heteroatoms. The van der Waals surface area contributed by atoms with Crippen molar-refractivity contribution in [3.05, 3.63) is 79.9 Å². The van der Waals surface area contributed by atoms with E-state index >= 15 is 0 Å². The van der Waals surface area contributed by atoms with Crippen LogP contribution in [0.2, 0.25) is 0 Å². The molecule has 0 N–H and O–H groups in total. The lowest BCUT2D eigenvalue weighted by atomic mass is 10.1. The number of amides is 2. The quantitative estimate of drug-likeness (QED) is 0.442. The molecule has 0 radical (unpaired) electrons. The Morgan fingerprint density at radius 2 is 1.19 bits per heavy atom. The van der Waals surface area contributed by atoms with Crippen molar-refractivity contribution in [2.45, 2.75) is 10.7 Å². The number of hydrogen-bond acceptors (Lipinski definition) is 8. The van der Waals surface area contributed by atoms with E-state index in [4.69, 9.17) is 0 Å². The van der Waals surface area contributed by atoms with Gasteiger partial charge in [0.05, 0.1) is 21.4 Å². The lowest BCUT2D eigenvalue weighted by Gasteiger charge is -2.29. The highest BCUT2D eigenvalue weighted by Gasteiger charge is 2.37. The number of thioether (sulfide) groups is 2. The maximum atomic E-state index is 12.5. The number of carbonyl (C=O) groups is 2. The SMILES string of the molecule is O=C1CS[C@H](c2cccc([N+](=O)[O-])c2)N1CCN1C(=O)CS[C@H]1c1cccc([N+](=O)[O-])c1. The molecule has 2 aromatic rings. The zero-order chi connectivity index (χ0) is 22.8. The Morgan fingerprint density at radius 1 is 0.781 bits per heavy atom. The molecule has 2 heterocycles. The van der Waals surface area contributed by atoms with E-state index in [0.29, 0.717) is 11.1 Å². The molecule has 0 bridgehead atoms. The van der Waals surface area contributed by atoms with Crippen molar-refractivity contribution in [3.63, 3.8) is 0 Å². The fourth-order valence-electron chi connectivity index (χ4n) is 3.74. The minimum atomic E-state index is -0.473. The molecule has 0 aliphatic carbocycles. The molecule has 2 aromatic carbocycles. The number of non-ortho nitro benzene ring substituents is 2. The molecule has 2 aliphatic heterocycles. The van der Waals surface area contributed by atoms with Gasteiger partial charge in [-0.1, -0.05) is 24.3 Å². The number of carbonyl (C=O) groups excluding carboxylic acids is 2. The molecular weight excluding hydrogens is 456 g/mol. The minimum Gasteiger partial charge on any atom is -0.324 e. The second kappa shape index (κ2) is 9.17. The molecule has 32 heavy (non-hydrogen) atoms.